The van der Waals surface area contributed by atoms with E-state index in [9.17, 15) is 9.18 Å². The highest BCUT2D eigenvalue weighted by molar-refractivity contribution is 5.95. The Morgan fingerprint density at radius 3 is 2.64 bits per heavy atom. The number of hydrogen-bond acceptors (Lipinski definition) is 2. The minimum Gasteiger partial charge on any atom is -0.297 e. The van der Waals surface area contributed by atoms with E-state index in [4.69, 9.17) is 0 Å². The summed E-state index contributed by atoms with van der Waals surface area (Å²) in [5.74, 6) is 6.32. The number of carbonyl (C=O) groups excluding carboxylic acids is 1. The first-order valence-corrected chi connectivity index (χ1v) is 8.42. The van der Waals surface area contributed by atoms with E-state index in [-0.39, 0.29) is 23.1 Å². The Hall–Kier alpha value is -2.67. The number of nitrogens with zero attached hydrogens (tertiary/aromatic N) is 2. The number of aromatic nitrogens is 1. The molecule has 4 heteroatoms. The molecular weight excluding hydrogens is 315 g/mol. The maximum absolute atomic E-state index is 13.2. The second-order valence-electron chi connectivity index (χ2n) is 7.12. The van der Waals surface area contributed by atoms with Gasteiger partial charge in [-0.2, -0.15) is 0 Å². The monoisotopic (exact) mass is 336 g/mol. The maximum Gasteiger partial charge on any atom is 0.231 e. The molecule has 1 fully saturated rings. The van der Waals surface area contributed by atoms with Crippen molar-refractivity contribution in [2.45, 2.75) is 27.2 Å². The number of carbonyl (C=O) groups is 1. The Kier molecular flexibility index (Phi) is 4.59. The van der Waals surface area contributed by atoms with Crippen LogP contribution >= 0.6 is 0 Å². The fourth-order valence-electron chi connectivity index (χ4n) is 2.85. The van der Waals surface area contributed by atoms with Gasteiger partial charge in [0, 0.05) is 29.8 Å². The third kappa shape index (κ3) is 3.71. The van der Waals surface area contributed by atoms with Gasteiger partial charge in [0.1, 0.15) is 11.6 Å². The summed E-state index contributed by atoms with van der Waals surface area (Å²) in [7, 11) is 0. The van der Waals surface area contributed by atoms with E-state index in [1.54, 1.807) is 23.2 Å². The molecule has 1 saturated heterocycles. The first-order valence-electron chi connectivity index (χ1n) is 8.42. The Morgan fingerprint density at radius 1 is 1.20 bits per heavy atom. The minimum atomic E-state index is -0.305. The zero-order valence-corrected chi connectivity index (χ0v) is 14.7. The molecule has 128 valence electrons. The maximum atomic E-state index is 13.2. The molecule has 1 aliphatic heterocycles. The quantitative estimate of drug-likeness (QED) is 0.737. The first-order chi connectivity index (χ1) is 11.9. The molecule has 3 nitrogen and oxygen atoms in total. The van der Waals surface area contributed by atoms with Crippen molar-refractivity contribution in [1.82, 2.24) is 4.98 Å². The zero-order chi connectivity index (χ0) is 18.0. The first kappa shape index (κ1) is 17.2. The fourth-order valence-corrected chi connectivity index (χ4v) is 2.85. The van der Waals surface area contributed by atoms with E-state index in [0.717, 1.165) is 12.0 Å². The average molecular weight is 336 g/mol. The van der Waals surface area contributed by atoms with E-state index in [1.165, 1.54) is 12.1 Å². The Balaban J connectivity index is 1.76. The lowest BCUT2D eigenvalue weighted by molar-refractivity contribution is -0.127. The molecule has 0 aliphatic carbocycles. The van der Waals surface area contributed by atoms with Crippen LogP contribution in [0.2, 0.25) is 0 Å². The molecule has 0 spiro atoms. The van der Waals surface area contributed by atoms with Gasteiger partial charge in [-0.3, -0.25) is 9.69 Å². The van der Waals surface area contributed by atoms with E-state index >= 15 is 0 Å². The highest BCUT2D eigenvalue weighted by Gasteiger charge is 2.39. The average Bonchev–Trinajstić information content (AvgIpc) is 2.59. The van der Waals surface area contributed by atoms with Gasteiger partial charge in [0.15, 0.2) is 0 Å². The van der Waals surface area contributed by atoms with E-state index in [1.807, 2.05) is 19.1 Å². The standard InChI is InChI=1S/C21H21FN2O/c1-15-20(25)24(12-11-21(15,2)3)19-10-9-17(14-23-19)8-7-16-5-4-6-18(22)13-16/h4-6,9-10,13-15H,11-12H2,1-3H3. The van der Waals surface area contributed by atoms with Gasteiger partial charge < -0.3 is 0 Å². The predicted octanol–water partition coefficient (Wildman–Crippen LogP) is 4.02. The van der Waals surface area contributed by atoms with Crippen LogP contribution in [0.15, 0.2) is 42.6 Å². The molecule has 0 radical (unpaired) electrons. The van der Waals surface area contributed by atoms with Gasteiger partial charge in [0.05, 0.1) is 0 Å². The number of amides is 1. The number of piperidine rings is 1. The van der Waals surface area contributed by atoms with Crippen LogP contribution in [0.25, 0.3) is 0 Å². The SMILES string of the molecule is CC1C(=O)N(c2ccc(C#Cc3cccc(F)c3)cn2)CCC1(C)C. The lowest BCUT2D eigenvalue weighted by Crippen LogP contribution is -2.48. The molecule has 1 aromatic heterocycles. The number of anilines is 1. The van der Waals surface area contributed by atoms with Crippen LogP contribution in [-0.4, -0.2) is 17.4 Å². The number of rotatable bonds is 1. The lowest BCUT2D eigenvalue weighted by atomic mass is 9.74. The normalized spacial score (nSPS) is 19.3. The summed E-state index contributed by atoms with van der Waals surface area (Å²) in [5, 5.41) is 0. The Bertz CT molecular complexity index is 846. The van der Waals surface area contributed by atoms with Crippen molar-refractivity contribution < 1.29 is 9.18 Å². The number of halogens is 1. The number of hydrogen-bond donors (Lipinski definition) is 0. The molecule has 1 unspecified atom stereocenters. The van der Waals surface area contributed by atoms with Crippen molar-refractivity contribution in [2.24, 2.45) is 11.3 Å². The summed E-state index contributed by atoms with van der Waals surface area (Å²) in [4.78, 5) is 18.7. The summed E-state index contributed by atoms with van der Waals surface area (Å²) in [6.07, 6.45) is 2.60. The van der Waals surface area contributed by atoms with Crippen molar-refractivity contribution in [2.75, 3.05) is 11.4 Å². The van der Waals surface area contributed by atoms with Gasteiger partial charge in [-0.25, -0.2) is 9.37 Å². The van der Waals surface area contributed by atoms with Crippen molar-refractivity contribution in [3.8, 4) is 11.8 Å². The molecule has 2 aromatic rings. The minimum absolute atomic E-state index is 0.0178. The van der Waals surface area contributed by atoms with Gasteiger partial charge in [0.25, 0.3) is 0 Å². The summed E-state index contributed by atoms with van der Waals surface area (Å²) in [6.45, 7) is 6.92. The molecule has 0 bridgehead atoms. The van der Waals surface area contributed by atoms with Gasteiger partial charge >= 0.3 is 0 Å². The second kappa shape index (κ2) is 6.68. The molecule has 1 amide bonds. The predicted molar refractivity (Wildman–Crippen MR) is 96.5 cm³/mol. The Labute approximate surface area is 147 Å². The fraction of sp³-hybridized carbons (Fsp3) is 0.333. The second-order valence-corrected chi connectivity index (χ2v) is 7.12. The summed E-state index contributed by atoms with van der Waals surface area (Å²) in [6, 6.07) is 9.83. The topological polar surface area (TPSA) is 33.2 Å². The molecular formula is C21H21FN2O. The summed E-state index contributed by atoms with van der Waals surface area (Å²) >= 11 is 0. The number of pyridine rings is 1. The third-order valence-corrected chi connectivity index (χ3v) is 4.99. The third-order valence-electron chi connectivity index (χ3n) is 4.99. The Morgan fingerprint density at radius 2 is 1.96 bits per heavy atom. The van der Waals surface area contributed by atoms with Crippen molar-refractivity contribution in [1.29, 1.82) is 0 Å². The van der Waals surface area contributed by atoms with E-state index < -0.39 is 0 Å². The lowest BCUT2D eigenvalue weighted by Gasteiger charge is -2.41. The molecule has 0 saturated carbocycles. The van der Waals surface area contributed by atoms with Crippen molar-refractivity contribution in [3.63, 3.8) is 0 Å². The molecule has 1 aliphatic rings. The van der Waals surface area contributed by atoms with Gasteiger partial charge in [-0.1, -0.05) is 38.7 Å². The molecule has 25 heavy (non-hydrogen) atoms. The smallest absolute Gasteiger partial charge is 0.231 e. The molecule has 1 atom stereocenters. The van der Waals surface area contributed by atoms with Crippen LogP contribution in [0.1, 0.15) is 38.3 Å². The molecule has 0 N–H and O–H groups in total. The van der Waals surface area contributed by atoms with Crippen LogP contribution in [0.4, 0.5) is 10.2 Å². The van der Waals surface area contributed by atoms with Crippen LogP contribution in [0.5, 0.6) is 0 Å². The van der Waals surface area contributed by atoms with Gasteiger partial charge in [-0.05, 0) is 42.2 Å². The highest BCUT2D eigenvalue weighted by Crippen LogP contribution is 2.37. The molecule has 2 heterocycles. The van der Waals surface area contributed by atoms with Crippen LogP contribution in [-0.2, 0) is 4.79 Å². The van der Waals surface area contributed by atoms with E-state index in [2.05, 4.69) is 30.7 Å². The van der Waals surface area contributed by atoms with E-state index in [0.29, 0.717) is 17.9 Å². The van der Waals surface area contributed by atoms with Gasteiger partial charge in [0.2, 0.25) is 5.91 Å². The largest absolute Gasteiger partial charge is 0.297 e. The highest BCUT2D eigenvalue weighted by atomic mass is 19.1. The van der Waals surface area contributed by atoms with Gasteiger partial charge in [-0.15, -0.1) is 0 Å². The zero-order valence-electron chi connectivity index (χ0n) is 14.7. The molecule has 1 aromatic carbocycles. The van der Waals surface area contributed by atoms with Crippen LogP contribution in [0.3, 0.4) is 0 Å². The molecule has 3 rings (SSSR count). The van der Waals surface area contributed by atoms with Crippen molar-refractivity contribution >= 4 is 11.7 Å². The number of benzene rings is 1. The van der Waals surface area contributed by atoms with Crippen LogP contribution < -0.4 is 4.90 Å². The summed E-state index contributed by atoms with van der Waals surface area (Å²) < 4.78 is 13.2. The van der Waals surface area contributed by atoms with Crippen LogP contribution in [0, 0.1) is 29.0 Å². The van der Waals surface area contributed by atoms with Crippen molar-refractivity contribution in [3.05, 3.63) is 59.5 Å². The summed E-state index contributed by atoms with van der Waals surface area (Å²) in [5.41, 5.74) is 1.36.